The molecule has 0 bridgehead atoms. The van der Waals surface area contributed by atoms with Crippen LogP contribution in [0, 0.1) is 5.82 Å². The smallest absolute Gasteiger partial charge is 0.265 e. The fourth-order valence-electron chi connectivity index (χ4n) is 5.20. The van der Waals surface area contributed by atoms with E-state index < -0.39 is 40.2 Å². The first-order chi connectivity index (χ1) is 23.4. The van der Waals surface area contributed by atoms with E-state index >= 15 is 0 Å². The van der Waals surface area contributed by atoms with Crippen molar-refractivity contribution in [1.29, 1.82) is 0 Å². The van der Waals surface area contributed by atoms with Crippen molar-refractivity contribution in [2.75, 3.05) is 32.2 Å². The van der Waals surface area contributed by atoms with E-state index in [0.29, 0.717) is 11.3 Å². The van der Waals surface area contributed by atoms with Crippen LogP contribution in [-0.2, 0) is 32.6 Å². The van der Waals surface area contributed by atoms with Gasteiger partial charge in [0.15, 0.2) is 11.5 Å². The third-order valence-corrected chi connectivity index (χ3v) is 9.59. The zero-order valence-corrected chi connectivity index (χ0v) is 29.4. The number of anilines is 1. The fourth-order valence-corrected chi connectivity index (χ4v) is 6.80. The van der Waals surface area contributed by atoms with Crippen LogP contribution in [0.5, 0.6) is 17.2 Å². The number of benzene rings is 4. The first-order valence-corrected chi connectivity index (χ1v) is 17.2. The van der Waals surface area contributed by atoms with Gasteiger partial charge in [0.2, 0.25) is 11.8 Å². The molecule has 2 amide bonds. The Balaban J connectivity index is 1.88. The van der Waals surface area contributed by atoms with Crippen molar-refractivity contribution < 1.29 is 36.6 Å². The lowest BCUT2D eigenvalue weighted by Gasteiger charge is -2.34. The summed E-state index contributed by atoms with van der Waals surface area (Å²) >= 11 is 6.36. The topological polar surface area (TPSA) is 114 Å². The van der Waals surface area contributed by atoms with Crippen LogP contribution < -0.4 is 23.8 Å². The molecule has 4 aromatic carbocycles. The van der Waals surface area contributed by atoms with E-state index in [2.05, 4.69) is 5.32 Å². The highest BCUT2D eigenvalue weighted by molar-refractivity contribution is 7.92. The molecule has 0 aliphatic heterocycles. The molecule has 0 fully saturated rings. The maximum atomic E-state index is 14.7. The molecule has 0 radical (unpaired) electrons. The number of carbonyl (C=O) groups is 2. The van der Waals surface area contributed by atoms with Crippen LogP contribution in [0.25, 0.3) is 0 Å². The second kappa shape index (κ2) is 16.5. The maximum absolute atomic E-state index is 14.7. The number of sulfonamides is 1. The number of nitrogens with one attached hydrogen (secondary N) is 1. The molecule has 260 valence electrons. The summed E-state index contributed by atoms with van der Waals surface area (Å²) in [4.78, 5) is 29.6. The number of methoxy groups -OCH3 is 3. The highest BCUT2D eigenvalue weighted by atomic mass is 35.5. The lowest BCUT2D eigenvalue weighted by Crippen LogP contribution is -2.54. The minimum atomic E-state index is -4.53. The number of rotatable bonds is 15. The molecule has 4 rings (SSSR count). The average Bonchev–Trinajstić information content (AvgIpc) is 3.09. The third kappa shape index (κ3) is 9.21. The quantitative estimate of drug-likeness (QED) is 0.164. The summed E-state index contributed by atoms with van der Waals surface area (Å²) in [5.41, 5.74) is 1.29. The van der Waals surface area contributed by atoms with Crippen LogP contribution in [0.3, 0.4) is 0 Å². The molecule has 1 N–H and O–H groups in total. The van der Waals surface area contributed by atoms with Gasteiger partial charge in [-0.25, -0.2) is 12.8 Å². The zero-order chi connectivity index (χ0) is 35.7. The molecule has 4 aromatic rings. The molecular formula is C36H39ClFN3O7S. The highest BCUT2D eigenvalue weighted by Crippen LogP contribution is 2.37. The van der Waals surface area contributed by atoms with Crippen molar-refractivity contribution in [3.63, 3.8) is 0 Å². The van der Waals surface area contributed by atoms with Crippen LogP contribution in [0.15, 0.2) is 95.9 Å². The Hall–Kier alpha value is -4.81. The van der Waals surface area contributed by atoms with Gasteiger partial charge in [-0.15, -0.1) is 0 Å². The Labute approximate surface area is 291 Å². The fraction of sp³-hybridized carbons (Fsp3) is 0.278. The number of hydrogen-bond donors (Lipinski definition) is 1. The van der Waals surface area contributed by atoms with Crippen LogP contribution >= 0.6 is 11.6 Å². The lowest BCUT2D eigenvalue weighted by atomic mass is 10.0. The summed E-state index contributed by atoms with van der Waals surface area (Å²) in [7, 11) is -0.372. The summed E-state index contributed by atoms with van der Waals surface area (Å²) in [6, 6.07) is 21.8. The molecule has 0 spiro atoms. The average molecular weight is 712 g/mol. The van der Waals surface area contributed by atoms with Gasteiger partial charge >= 0.3 is 0 Å². The zero-order valence-electron chi connectivity index (χ0n) is 27.9. The van der Waals surface area contributed by atoms with Crippen molar-refractivity contribution in [3.05, 3.63) is 113 Å². The van der Waals surface area contributed by atoms with E-state index in [4.69, 9.17) is 25.8 Å². The molecule has 0 aromatic heterocycles. The number of hydrogen-bond acceptors (Lipinski definition) is 7. The standard InChI is InChI=1S/C36H39ClFN3O7S/c1-24(2)39-36(43)31(19-25-9-7-6-8-10-25)40(22-26-11-14-28(38)15-12-26)35(42)23-41(30-20-27(37)13-17-32(30)46-3)49(44,45)29-16-18-33(47-4)34(21-29)48-5/h6-18,20-21,24,31H,19,22-23H2,1-5H3,(H,39,43)/t31-/m1/s1. The Morgan fingerprint density at radius 2 is 1.45 bits per heavy atom. The van der Waals surface area contributed by atoms with Gasteiger partial charge in [0.05, 0.1) is 31.9 Å². The molecule has 0 saturated carbocycles. The molecule has 0 aliphatic rings. The van der Waals surface area contributed by atoms with Gasteiger partial charge in [-0.05, 0) is 67.4 Å². The summed E-state index contributed by atoms with van der Waals surface area (Å²) < 4.78 is 60.0. The van der Waals surface area contributed by atoms with Crippen molar-refractivity contribution in [2.24, 2.45) is 0 Å². The van der Waals surface area contributed by atoms with Crippen molar-refractivity contribution in [2.45, 2.75) is 43.8 Å². The summed E-state index contributed by atoms with van der Waals surface area (Å²) in [6.45, 7) is 2.72. The normalized spacial score (nSPS) is 11.8. The monoisotopic (exact) mass is 711 g/mol. The van der Waals surface area contributed by atoms with E-state index in [0.717, 1.165) is 9.87 Å². The van der Waals surface area contributed by atoms with E-state index in [9.17, 15) is 22.4 Å². The summed E-state index contributed by atoms with van der Waals surface area (Å²) in [6.07, 6.45) is 0.120. The molecule has 0 saturated heterocycles. The first kappa shape index (κ1) is 37.0. The first-order valence-electron chi connectivity index (χ1n) is 15.3. The minimum absolute atomic E-state index is 0.00823. The number of halogens is 2. The van der Waals surface area contributed by atoms with Gasteiger partial charge in [-0.2, -0.15) is 0 Å². The molecule has 0 unspecified atom stereocenters. The van der Waals surface area contributed by atoms with Gasteiger partial charge in [0, 0.05) is 30.1 Å². The Morgan fingerprint density at radius 1 is 0.816 bits per heavy atom. The molecule has 1 atom stereocenters. The molecule has 0 heterocycles. The van der Waals surface area contributed by atoms with E-state index in [-0.39, 0.29) is 46.1 Å². The van der Waals surface area contributed by atoms with E-state index in [1.165, 1.54) is 86.9 Å². The Morgan fingerprint density at radius 3 is 2.06 bits per heavy atom. The summed E-state index contributed by atoms with van der Waals surface area (Å²) in [5, 5.41) is 3.09. The van der Waals surface area contributed by atoms with Crippen molar-refractivity contribution >= 4 is 39.1 Å². The van der Waals surface area contributed by atoms with Crippen LogP contribution in [-0.4, -0.2) is 65.1 Å². The second-order valence-corrected chi connectivity index (χ2v) is 13.7. The van der Waals surface area contributed by atoms with Gasteiger partial charge in [-0.3, -0.25) is 13.9 Å². The van der Waals surface area contributed by atoms with Crippen molar-refractivity contribution in [3.8, 4) is 17.2 Å². The predicted molar refractivity (Wildman–Crippen MR) is 186 cm³/mol. The minimum Gasteiger partial charge on any atom is -0.495 e. The van der Waals surface area contributed by atoms with Gasteiger partial charge in [0.25, 0.3) is 10.0 Å². The number of ether oxygens (including phenoxy) is 3. The van der Waals surface area contributed by atoms with Crippen LogP contribution in [0.2, 0.25) is 5.02 Å². The molecular weight excluding hydrogens is 673 g/mol. The maximum Gasteiger partial charge on any atom is 0.265 e. The van der Waals surface area contributed by atoms with Gasteiger partial charge < -0.3 is 24.4 Å². The van der Waals surface area contributed by atoms with Crippen LogP contribution in [0.1, 0.15) is 25.0 Å². The molecule has 13 heteroatoms. The predicted octanol–water partition coefficient (Wildman–Crippen LogP) is 5.86. The molecule has 10 nitrogen and oxygen atoms in total. The van der Waals surface area contributed by atoms with Gasteiger partial charge in [-0.1, -0.05) is 54.1 Å². The van der Waals surface area contributed by atoms with E-state index in [1.807, 2.05) is 30.3 Å². The number of carbonyl (C=O) groups excluding carboxylic acids is 2. The Kier molecular flexibility index (Phi) is 12.5. The number of amides is 2. The largest absolute Gasteiger partial charge is 0.495 e. The van der Waals surface area contributed by atoms with Crippen LogP contribution in [0.4, 0.5) is 10.1 Å². The second-order valence-electron chi connectivity index (χ2n) is 11.4. The SMILES string of the molecule is COc1ccc(S(=O)(=O)N(CC(=O)N(Cc2ccc(F)cc2)[C@H](Cc2ccccc2)C(=O)NC(C)C)c2cc(Cl)ccc2OC)cc1OC. The third-order valence-electron chi connectivity index (χ3n) is 7.60. The Bertz CT molecular complexity index is 1860. The summed E-state index contributed by atoms with van der Waals surface area (Å²) in [5.74, 6) is -1.04. The number of nitrogens with zero attached hydrogens (tertiary/aromatic N) is 2. The van der Waals surface area contributed by atoms with Gasteiger partial charge in [0.1, 0.15) is 24.2 Å². The lowest BCUT2D eigenvalue weighted by molar-refractivity contribution is -0.140. The molecule has 49 heavy (non-hydrogen) atoms. The van der Waals surface area contributed by atoms with Crippen molar-refractivity contribution in [1.82, 2.24) is 10.2 Å². The van der Waals surface area contributed by atoms with E-state index in [1.54, 1.807) is 13.8 Å². The highest BCUT2D eigenvalue weighted by Gasteiger charge is 2.36. The molecule has 0 aliphatic carbocycles.